The number of rotatable bonds is 4. The Labute approximate surface area is 71.2 Å². The molecule has 0 aliphatic rings. The molecular weight excluding hydrogens is 154 g/mol. The van der Waals surface area contributed by atoms with E-state index in [1.165, 1.54) is 6.92 Å². The summed E-state index contributed by atoms with van der Waals surface area (Å²) in [4.78, 5) is 17.6. The Morgan fingerprint density at radius 1 is 1.83 bits per heavy atom. The van der Waals surface area contributed by atoms with Gasteiger partial charge in [-0.05, 0) is 19.8 Å². The first-order chi connectivity index (χ1) is 5.70. The van der Waals surface area contributed by atoms with E-state index in [1.807, 2.05) is 6.20 Å². The van der Waals surface area contributed by atoms with Crippen molar-refractivity contribution in [2.75, 3.05) is 0 Å². The third kappa shape index (κ3) is 2.47. The molecule has 3 N–H and O–H groups in total. The highest BCUT2D eigenvalue weighted by molar-refractivity contribution is 5.81. The Bertz CT molecular complexity index is 243. The van der Waals surface area contributed by atoms with Crippen molar-refractivity contribution in [3.63, 3.8) is 0 Å². The van der Waals surface area contributed by atoms with Crippen LogP contribution in [0, 0.1) is 0 Å². The summed E-state index contributed by atoms with van der Waals surface area (Å²) in [5.74, 6) is 0.0329. The molecule has 12 heavy (non-hydrogen) atoms. The Morgan fingerprint density at radius 3 is 3.08 bits per heavy atom. The van der Waals surface area contributed by atoms with Gasteiger partial charge in [0.1, 0.15) is 5.78 Å². The van der Waals surface area contributed by atoms with Crippen molar-refractivity contribution in [2.24, 2.45) is 5.73 Å². The van der Waals surface area contributed by atoms with Gasteiger partial charge in [0.25, 0.3) is 0 Å². The zero-order chi connectivity index (χ0) is 8.97. The first-order valence-corrected chi connectivity index (χ1v) is 3.94. The molecule has 0 fully saturated rings. The van der Waals surface area contributed by atoms with E-state index in [0.717, 1.165) is 12.1 Å². The smallest absolute Gasteiger partial charge is 0.146 e. The molecule has 0 unspecified atom stereocenters. The van der Waals surface area contributed by atoms with Crippen LogP contribution < -0.4 is 5.73 Å². The van der Waals surface area contributed by atoms with Gasteiger partial charge in [-0.2, -0.15) is 0 Å². The third-order valence-electron chi connectivity index (χ3n) is 1.79. The van der Waals surface area contributed by atoms with E-state index in [1.54, 1.807) is 6.33 Å². The van der Waals surface area contributed by atoms with E-state index in [0.29, 0.717) is 6.42 Å². The summed E-state index contributed by atoms with van der Waals surface area (Å²) in [5, 5.41) is 0. The number of aromatic nitrogens is 2. The normalized spacial score (nSPS) is 12.8. The van der Waals surface area contributed by atoms with E-state index in [9.17, 15) is 4.79 Å². The van der Waals surface area contributed by atoms with Gasteiger partial charge >= 0.3 is 0 Å². The topological polar surface area (TPSA) is 71.8 Å². The number of nitrogens with two attached hydrogens (primary N) is 1. The number of Topliss-reactive ketones (excluding diaryl/α,β-unsaturated/α-hetero) is 1. The largest absolute Gasteiger partial charge is 0.351 e. The zero-order valence-electron chi connectivity index (χ0n) is 7.08. The standard InChI is InChI=1S/C8H13N3O/c1-6(12)8(9)3-2-7-4-10-5-11-7/h4-5,8H,2-3,9H2,1H3,(H,10,11)/t8-/m1/s1. The zero-order valence-corrected chi connectivity index (χ0v) is 7.08. The van der Waals surface area contributed by atoms with E-state index in [-0.39, 0.29) is 11.8 Å². The fraction of sp³-hybridized carbons (Fsp3) is 0.500. The van der Waals surface area contributed by atoms with Gasteiger partial charge in [-0.3, -0.25) is 4.79 Å². The first-order valence-electron chi connectivity index (χ1n) is 3.94. The summed E-state index contributed by atoms with van der Waals surface area (Å²) in [6.45, 7) is 1.51. The number of nitrogens with one attached hydrogen (secondary N) is 1. The molecule has 0 aliphatic carbocycles. The van der Waals surface area contributed by atoms with Crippen LogP contribution in [0.2, 0.25) is 0 Å². The molecule has 1 atom stereocenters. The predicted octanol–water partition coefficient (Wildman–Crippen LogP) is 0.259. The highest BCUT2D eigenvalue weighted by atomic mass is 16.1. The fourth-order valence-electron chi connectivity index (χ4n) is 0.934. The van der Waals surface area contributed by atoms with E-state index >= 15 is 0 Å². The van der Waals surface area contributed by atoms with Gasteiger partial charge in [-0.1, -0.05) is 0 Å². The van der Waals surface area contributed by atoms with Crippen LogP contribution in [-0.2, 0) is 11.2 Å². The number of imidazole rings is 1. The first kappa shape index (κ1) is 8.93. The van der Waals surface area contributed by atoms with Crippen LogP contribution in [-0.4, -0.2) is 21.8 Å². The van der Waals surface area contributed by atoms with Crippen LogP contribution in [0.25, 0.3) is 0 Å². The second kappa shape index (κ2) is 4.01. The number of aryl methyl sites for hydroxylation is 1. The monoisotopic (exact) mass is 167 g/mol. The van der Waals surface area contributed by atoms with Crippen molar-refractivity contribution in [2.45, 2.75) is 25.8 Å². The maximum Gasteiger partial charge on any atom is 0.146 e. The lowest BCUT2D eigenvalue weighted by Gasteiger charge is -2.04. The highest BCUT2D eigenvalue weighted by Gasteiger charge is 2.07. The molecule has 0 aromatic carbocycles. The SMILES string of the molecule is CC(=O)[C@H](N)CCc1c[nH]cn1. The van der Waals surface area contributed by atoms with Crippen molar-refractivity contribution in [3.8, 4) is 0 Å². The molecule has 0 radical (unpaired) electrons. The van der Waals surface area contributed by atoms with Crippen molar-refractivity contribution < 1.29 is 4.79 Å². The van der Waals surface area contributed by atoms with Crippen molar-refractivity contribution in [1.29, 1.82) is 0 Å². The second-order valence-corrected chi connectivity index (χ2v) is 2.82. The van der Waals surface area contributed by atoms with Crippen LogP contribution in [0.5, 0.6) is 0 Å². The minimum Gasteiger partial charge on any atom is -0.351 e. The van der Waals surface area contributed by atoms with Crippen LogP contribution >= 0.6 is 0 Å². The number of hydrogen-bond acceptors (Lipinski definition) is 3. The average molecular weight is 167 g/mol. The van der Waals surface area contributed by atoms with Crippen molar-refractivity contribution in [3.05, 3.63) is 18.2 Å². The van der Waals surface area contributed by atoms with Gasteiger partial charge in [0.05, 0.1) is 18.1 Å². The molecule has 0 amide bonds. The molecule has 4 nitrogen and oxygen atoms in total. The number of H-pyrrole nitrogens is 1. The summed E-state index contributed by atoms with van der Waals surface area (Å²) < 4.78 is 0. The Morgan fingerprint density at radius 2 is 2.58 bits per heavy atom. The van der Waals surface area contributed by atoms with E-state index < -0.39 is 0 Å². The highest BCUT2D eigenvalue weighted by Crippen LogP contribution is 1.99. The maximum atomic E-state index is 10.8. The van der Waals surface area contributed by atoms with Crippen LogP contribution in [0.1, 0.15) is 19.0 Å². The van der Waals surface area contributed by atoms with Crippen LogP contribution in [0.3, 0.4) is 0 Å². The van der Waals surface area contributed by atoms with Crippen LogP contribution in [0.4, 0.5) is 0 Å². The lowest BCUT2D eigenvalue weighted by atomic mass is 10.1. The summed E-state index contributed by atoms with van der Waals surface area (Å²) in [6.07, 6.45) is 4.85. The third-order valence-corrected chi connectivity index (χ3v) is 1.79. The molecule has 1 heterocycles. The molecule has 1 rings (SSSR count). The van der Waals surface area contributed by atoms with Crippen molar-refractivity contribution >= 4 is 5.78 Å². The van der Waals surface area contributed by atoms with E-state index in [4.69, 9.17) is 5.73 Å². The van der Waals surface area contributed by atoms with Gasteiger partial charge in [-0.15, -0.1) is 0 Å². The van der Waals surface area contributed by atoms with Crippen molar-refractivity contribution in [1.82, 2.24) is 9.97 Å². The minimum atomic E-state index is -0.346. The van der Waals surface area contributed by atoms with Crippen LogP contribution in [0.15, 0.2) is 12.5 Å². The number of carbonyl (C=O) groups excluding carboxylic acids is 1. The quantitative estimate of drug-likeness (QED) is 0.675. The van der Waals surface area contributed by atoms with Gasteiger partial charge in [-0.25, -0.2) is 4.98 Å². The molecule has 0 spiro atoms. The molecule has 1 aromatic heterocycles. The molecule has 66 valence electrons. The molecule has 0 aliphatic heterocycles. The molecule has 0 saturated carbocycles. The fourth-order valence-corrected chi connectivity index (χ4v) is 0.934. The summed E-state index contributed by atoms with van der Waals surface area (Å²) >= 11 is 0. The number of hydrogen-bond donors (Lipinski definition) is 2. The Kier molecular flexibility index (Phi) is 2.99. The number of nitrogens with zero attached hydrogens (tertiary/aromatic N) is 1. The van der Waals surface area contributed by atoms with E-state index in [2.05, 4.69) is 9.97 Å². The average Bonchev–Trinajstić information content (AvgIpc) is 2.51. The Hall–Kier alpha value is -1.16. The molecule has 4 heteroatoms. The summed E-state index contributed by atoms with van der Waals surface area (Å²) in [7, 11) is 0. The Balaban J connectivity index is 2.31. The van der Waals surface area contributed by atoms with Gasteiger partial charge in [0, 0.05) is 6.20 Å². The number of carbonyl (C=O) groups is 1. The lowest BCUT2D eigenvalue weighted by Crippen LogP contribution is -2.28. The van der Waals surface area contributed by atoms with Gasteiger partial charge in [0.15, 0.2) is 0 Å². The molecule has 1 aromatic rings. The number of ketones is 1. The molecular formula is C8H13N3O. The lowest BCUT2D eigenvalue weighted by molar-refractivity contribution is -0.118. The van der Waals surface area contributed by atoms with Gasteiger partial charge < -0.3 is 10.7 Å². The maximum absolute atomic E-state index is 10.8. The summed E-state index contributed by atoms with van der Waals surface area (Å²) in [6, 6.07) is -0.346. The number of aromatic amines is 1. The minimum absolute atomic E-state index is 0.0329. The molecule has 0 saturated heterocycles. The predicted molar refractivity (Wildman–Crippen MR) is 45.6 cm³/mol. The summed E-state index contributed by atoms with van der Waals surface area (Å²) in [5.41, 5.74) is 6.50. The van der Waals surface area contributed by atoms with Gasteiger partial charge in [0.2, 0.25) is 0 Å². The molecule has 0 bridgehead atoms. The second-order valence-electron chi connectivity index (χ2n) is 2.82.